The molecule has 0 atom stereocenters. The lowest BCUT2D eigenvalue weighted by Gasteiger charge is -2.12. The molecule has 0 fully saturated rings. The highest BCUT2D eigenvalue weighted by molar-refractivity contribution is 6.33. The van der Waals surface area contributed by atoms with Crippen LogP contribution in [-0.2, 0) is 0 Å². The summed E-state index contributed by atoms with van der Waals surface area (Å²) in [5.41, 5.74) is 7.29. The molecule has 9 rings (SSSR count). The monoisotopic (exact) mass is 508 g/mol. The summed E-state index contributed by atoms with van der Waals surface area (Å²) in [5.74, 6) is 0. The Balaban J connectivity index is 1.59. The number of benzene rings is 7. The van der Waals surface area contributed by atoms with E-state index in [1.807, 2.05) is 0 Å². The number of fused-ring (bicyclic) bond motifs is 11. The lowest BCUT2D eigenvalue weighted by molar-refractivity contribution is 1.18. The van der Waals surface area contributed by atoms with Crippen LogP contribution in [0.25, 0.3) is 76.5 Å². The van der Waals surface area contributed by atoms with Gasteiger partial charge in [-0.2, -0.15) is 0 Å². The lowest BCUT2D eigenvalue weighted by Crippen LogP contribution is -1.95. The Morgan fingerprint density at radius 3 is 1.48 bits per heavy atom. The average molecular weight is 509 g/mol. The Morgan fingerprint density at radius 1 is 0.300 bits per heavy atom. The van der Waals surface area contributed by atoms with Gasteiger partial charge in [-0.15, -0.1) is 0 Å². The molecular formula is C38H24N2. The Bertz CT molecular complexity index is 2410. The van der Waals surface area contributed by atoms with Gasteiger partial charge in [0.2, 0.25) is 0 Å². The molecule has 0 radical (unpaired) electrons. The molecule has 0 bridgehead atoms. The first-order valence-corrected chi connectivity index (χ1v) is 13.8. The van der Waals surface area contributed by atoms with Crippen LogP contribution in [-0.4, -0.2) is 9.13 Å². The van der Waals surface area contributed by atoms with Gasteiger partial charge in [-0.1, -0.05) is 103 Å². The number of aromatic nitrogens is 2. The zero-order chi connectivity index (χ0) is 26.2. The largest absolute Gasteiger partial charge is 0.309 e. The number of hydrogen-bond donors (Lipinski definition) is 0. The van der Waals surface area contributed by atoms with Crippen molar-refractivity contribution in [2.24, 2.45) is 0 Å². The highest BCUT2D eigenvalue weighted by Crippen LogP contribution is 2.44. The van der Waals surface area contributed by atoms with Crippen LogP contribution in [0, 0.1) is 0 Å². The topological polar surface area (TPSA) is 9.86 Å². The summed E-state index contributed by atoms with van der Waals surface area (Å²) in [6.07, 6.45) is 0. The Hall–Kier alpha value is -5.34. The van der Waals surface area contributed by atoms with E-state index < -0.39 is 0 Å². The second-order valence-corrected chi connectivity index (χ2v) is 10.6. The maximum Gasteiger partial charge on any atom is 0.0625 e. The maximum absolute atomic E-state index is 2.48. The van der Waals surface area contributed by atoms with Crippen molar-refractivity contribution in [3.63, 3.8) is 0 Å². The SMILES string of the molecule is c1ccc(-n2c3ccccc3c3cc4c(cc32)c2c3ccccc3c3ccccc3c2n4-c2ccccc2)cc1. The highest BCUT2D eigenvalue weighted by atomic mass is 15.0. The van der Waals surface area contributed by atoms with Crippen molar-refractivity contribution >= 4 is 65.2 Å². The molecule has 0 aliphatic heterocycles. The smallest absolute Gasteiger partial charge is 0.0625 e. The van der Waals surface area contributed by atoms with E-state index in [2.05, 4.69) is 155 Å². The molecule has 0 amide bonds. The molecule has 0 saturated heterocycles. The fraction of sp³-hybridized carbons (Fsp3) is 0. The van der Waals surface area contributed by atoms with Crippen LogP contribution >= 0.6 is 0 Å². The van der Waals surface area contributed by atoms with Gasteiger partial charge in [0.1, 0.15) is 0 Å². The zero-order valence-corrected chi connectivity index (χ0v) is 21.8. The van der Waals surface area contributed by atoms with Crippen molar-refractivity contribution in [2.45, 2.75) is 0 Å². The first-order chi connectivity index (χ1) is 19.9. The van der Waals surface area contributed by atoms with Gasteiger partial charge in [0.15, 0.2) is 0 Å². The van der Waals surface area contributed by atoms with Gasteiger partial charge in [-0.3, -0.25) is 0 Å². The fourth-order valence-electron chi connectivity index (χ4n) is 6.84. The second kappa shape index (κ2) is 8.08. The summed E-state index contributed by atoms with van der Waals surface area (Å²) >= 11 is 0. The molecule has 0 unspecified atom stereocenters. The second-order valence-electron chi connectivity index (χ2n) is 10.6. The van der Waals surface area contributed by atoms with Crippen LogP contribution in [0.4, 0.5) is 0 Å². The molecule has 0 aliphatic carbocycles. The van der Waals surface area contributed by atoms with E-state index in [0.29, 0.717) is 0 Å². The van der Waals surface area contributed by atoms with Crippen molar-refractivity contribution in [3.05, 3.63) is 146 Å². The number of rotatable bonds is 2. The number of para-hydroxylation sites is 3. The zero-order valence-electron chi connectivity index (χ0n) is 21.8. The average Bonchev–Trinajstić information content (AvgIpc) is 3.54. The van der Waals surface area contributed by atoms with Crippen LogP contribution < -0.4 is 0 Å². The molecule has 2 heteroatoms. The van der Waals surface area contributed by atoms with E-state index in [0.717, 1.165) is 0 Å². The predicted molar refractivity (Wildman–Crippen MR) is 170 cm³/mol. The summed E-state index contributed by atoms with van der Waals surface area (Å²) in [5, 5.41) is 10.3. The Labute approximate surface area is 230 Å². The molecule has 0 spiro atoms. The number of hydrogen-bond acceptors (Lipinski definition) is 0. The summed E-state index contributed by atoms with van der Waals surface area (Å²) in [6.45, 7) is 0. The highest BCUT2D eigenvalue weighted by Gasteiger charge is 2.21. The van der Waals surface area contributed by atoms with Gasteiger partial charge in [0.25, 0.3) is 0 Å². The Morgan fingerprint density at radius 2 is 0.775 bits per heavy atom. The molecule has 9 aromatic rings. The van der Waals surface area contributed by atoms with E-state index >= 15 is 0 Å². The van der Waals surface area contributed by atoms with Gasteiger partial charge in [-0.25, -0.2) is 0 Å². The van der Waals surface area contributed by atoms with Crippen molar-refractivity contribution in [1.82, 2.24) is 9.13 Å². The molecule has 0 saturated carbocycles. The van der Waals surface area contributed by atoms with Crippen LogP contribution in [0.2, 0.25) is 0 Å². The van der Waals surface area contributed by atoms with E-state index in [1.54, 1.807) is 0 Å². The van der Waals surface area contributed by atoms with E-state index in [4.69, 9.17) is 0 Å². The summed E-state index contributed by atoms with van der Waals surface area (Å²) < 4.78 is 4.90. The summed E-state index contributed by atoms with van der Waals surface area (Å²) in [7, 11) is 0. The third-order valence-electron chi connectivity index (χ3n) is 8.46. The van der Waals surface area contributed by atoms with Gasteiger partial charge in [0.05, 0.1) is 22.1 Å². The van der Waals surface area contributed by atoms with Crippen molar-refractivity contribution in [2.75, 3.05) is 0 Å². The Kier molecular flexibility index (Phi) is 4.36. The molecule has 186 valence electrons. The van der Waals surface area contributed by atoms with E-state index in [1.165, 1.54) is 76.5 Å². The van der Waals surface area contributed by atoms with Crippen LogP contribution in [0.5, 0.6) is 0 Å². The van der Waals surface area contributed by atoms with Crippen molar-refractivity contribution in [3.8, 4) is 11.4 Å². The quantitative estimate of drug-likeness (QED) is 0.206. The summed E-state index contributed by atoms with van der Waals surface area (Å²) in [4.78, 5) is 0. The standard InChI is InChI=1S/C38H24N2/c1-3-13-25(14-4-1)39-34-22-12-11-19-29(34)32-23-36-33(24-35(32)39)37-30-20-9-7-17-27(30)28-18-8-10-21-31(28)38(37)40(36)26-15-5-2-6-16-26/h1-24H. The molecule has 0 N–H and O–H groups in total. The van der Waals surface area contributed by atoms with Crippen LogP contribution in [0.3, 0.4) is 0 Å². The van der Waals surface area contributed by atoms with E-state index in [-0.39, 0.29) is 0 Å². The minimum absolute atomic E-state index is 1.18. The van der Waals surface area contributed by atoms with Crippen LogP contribution in [0.15, 0.2) is 146 Å². The molecule has 40 heavy (non-hydrogen) atoms. The molecule has 0 aliphatic rings. The molecule has 2 nitrogen and oxygen atoms in total. The minimum atomic E-state index is 1.18. The normalized spacial score (nSPS) is 12.0. The lowest BCUT2D eigenvalue weighted by atomic mass is 9.96. The third kappa shape index (κ3) is 2.82. The molecule has 2 aromatic heterocycles. The van der Waals surface area contributed by atoms with Gasteiger partial charge in [-0.05, 0) is 58.6 Å². The van der Waals surface area contributed by atoms with Gasteiger partial charge in [0, 0.05) is 38.3 Å². The van der Waals surface area contributed by atoms with E-state index in [9.17, 15) is 0 Å². The third-order valence-corrected chi connectivity index (χ3v) is 8.46. The first kappa shape index (κ1) is 21.6. The molecule has 2 heterocycles. The summed E-state index contributed by atoms with van der Waals surface area (Å²) in [6, 6.07) is 52.9. The van der Waals surface area contributed by atoms with Crippen molar-refractivity contribution in [1.29, 1.82) is 0 Å². The number of nitrogens with zero attached hydrogens (tertiary/aromatic N) is 2. The maximum atomic E-state index is 2.48. The first-order valence-electron chi connectivity index (χ1n) is 13.8. The van der Waals surface area contributed by atoms with Crippen molar-refractivity contribution < 1.29 is 0 Å². The van der Waals surface area contributed by atoms with Crippen LogP contribution in [0.1, 0.15) is 0 Å². The minimum Gasteiger partial charge on any atom is -0.309 e. The predicted octanol–water partition coefficient (Wildman–Crippen LogP) is 10.2. The van der Waals surface area contributed by atoms with Gasteiger partial charge >= 0.3 is 0 Å². The fourth-order valence-corrected chi connectivity index (χ4v) is 6.84. The molecular weight excluding hydrogens is 484 g/mol. The molecule has 7 aromatic carbocycles. The van der Waals surface area contributed by atoms with Gasteiger partial charge < -0.3 is 9.13 Å².